The number of thiophene rings is 1. The Morgan fingerprint density at radius 2 is 1.88 bits per heavy atom. The molecule has 0 aliphatic rings. The summed E-state index contributed by atoms with van der Waals surface area (Å²) in [4.78, 5) is 42.1. The van der Waals surface area contributed by atoms with E-state index >= 15 is 0 Å². The number of halogens is 3. The van der Waals surface area contributed by atoms with Crippen molar-refractivity contribution in [3.05, 3.63) is 45.2 Å². The quantitative estimate of drug-likeness (QED) is 0.343. The van der Waals surface area contributed by atoms with Gasteiger partial charge in [0.2, 0.25) is 0 Å². The van der Waals surface area contributed by atoms with E-state index in [1.54, 1.807) is 6.92 Å². The minimum atomic E-state index is -3.75. The van der Waals surface area contributed by atoms with Crippen molar-refractivity contribution < 1.29 is 32.6 Å². The lowest BCUT2D eigenvalue weighted by Crippen LogP contribution is -2.16. The van der Waals surface area contributed by atoms with Gasteiger partial charge < -0.3 is 14.8 Å². The topological polar surface area (TPSA) is 112 Å². The fourth-order valence-corrected chi connectivity index (χ4v) is 4.30. The van der Waals surface area contributed by atoms with Crippen LogP contribution in [0.4, 0.5) is 13.8 Å². The minimum Gasteiger partial charge on any atom is -0.462 e. The molecule has 0 atom stereocenters. The second kappa shape index (κ2) is 10.0. The number of rotatable bonds is 8. The first-order valence-electron chi connectivity index (χ1n) is 10.2. The molecule has 1 N–H and O–H groups in total. The smallest absolute Gasteiger partial charge is 0.364 e. The van der Waals surface area contributed by atoms with Gasteiger partial charge in [0.15, 0.2) is 11.3 Å². The van der Waals surface area contributed by atoms with E-state index in [-0.39, 0.29) is 51.3 Å². The summed E-state index contributed by atoms with van der Waals surface area (Å²) < 4.78 is 38.7. The number of carbonyl (C=O) groups excluding carboxylic acids is 3. The maximum absolute atomic E-state index is 13.8. The summed E-state index contributed by atoms with van der Waals surface area (Å²) >= 11 is 6.02. The van der Waals surface area contributed by atoms with Crippen LogP contribution in [0.15, 0.2) is 12.1 Å². The van der Waals surface area contributed by atoms with Crippen molar-refractivity contribution in [3.63, 3.8) is 0 Å². The molecule has 0 aliphatic heterocycles. The molecule has 0 aromatic carbocycles. The number of ether oxygens (including phenoxy) is 2. The van der Waals surface area contributed by atoms with Crippen LogP contribution in [-0.4, -0.2) is 45.7 Å². The van der Waals surface area contributed by atoms with E-state index in [0.717, 1.165) is 21.9 Å². The molecule has 0 fully saturated rings. The van der Waals surface area contributed by atoms with Crippen molar-refractivity contribution in [2.45, 2.75) is 39.5 Å². The first-order chi connectivity index (χ1) is 16.0. The minimum absolute atomic E-state index is 0.000525. The van der Waals surface area contributed by atoms with Crippen molar-refractivity contribution in [2.24, 2.45) is 0 Å². The van der Waals surface area contributed by atoms with Gasteiger partial charge in [-0.25, -0.2) is 19.1 Å². The molecule has 0 saturated carbocycles. The molecule has 0 radical (unpaired) electrons. The molecule has 182 valence electrons. The van der Waals surface area contributed by atoms with Gasteiger partial charge in [-0.15, -0.1) is 11.3 Å². The zero-order valence-corrected chi connectivity index (χ0v) is 20.3. The van der Waals surface area contributed by atoms with Crippen molar-refractivity contribution in [2.75, 3.05) is 18.5 Å². The van der Waals surface area contributed by atoms with Crippen LogP contribution in [-0.2, 0) is 14.9 Å². The monoisotopic (exact) mass is 514 g/mol. The summed E-state index contributed by atoms with van der Waals surface area (Å²) in [6, 6.07) is 2.26. The van der Waals surface area contributed by atoms with Gasteiger partial charge in [0, 0.05) is 11.8 Å². The molecule has 3 heterocycles. The third kappa shape index (κ3) is 5.17. The number of esters is 2. The van der Waals surface area contributed by atoms with E-state index in [4.69, 9.17) is 21.1 Å². The molecular formula is C21H21ClF2N4O5S. The maximum Gasteiger partial charge on any atom is 0.364 e. The van der Waals surface area contributed by atoms with Gasteiger partial charge >= 0.3 is 17.3 Å². The molecule has 3 aromatic rings. The van der Waals surface area contributed by atoms with Crippen LogP contribution in [0, 0.1) is 13.8 Å². The van der Waals surface area contributed by atoms with Gasteiger partial charge in [-0.3, -0.25) is 4.79 Å². The van der Waals surface area contributed by atoms with Crippen LogP contribution in [0.1, 0.15) is 67.7 Å². The van der Waals surface area contributed by atoms with Crippen molar-refractivity contribution in [1.29, 1.82) is 0 Å². The van der Waals surface area contributed by atoms with Crippen LogP contribution in [0.25, 0.3) is 5.65 Å². The molecule has 1 amide bonds. The average molecular weight is 515 g/mol. The Morgan fingerprint density at radius 3 is 2.50 bits per heavy atom. The number of hydrogen-bond donors (Lipinski definition) is 1. The van der Waals surface area contributed by atoms with Gasteiger partial charge in [0.25, 0.3) is 5.91 Å². The van der Waals surface area contributed by atoms with Gasteiger partial charge in [0.05, 0.1) is 18.8 Å². The molecule has 13 heteroatoms. The van der Waals surface area contributed by atoms with Gasteiger partial charge in [0.1, 0.15) is 15.6 Å². The predicted octanol–water partition coefficient (Wildman–Crippen LogP) is 4.69. The molecule has 3 rings (SSSR count). The second-order valence-electron chi connectivity index (χ2n) is 7.15. The Balaban J connectivity index is 2.02. The Labute approximate surface area is 202 Å². The highest BCUT2D eigenvalue weighted by atomic mass is 35.5. The summed E-state index contributed by atoms with van der Waals surface area (Å²) in [7, 11) is 0. The highest BCUT2D eigenvalue weighted by molar-refractivity contribution is 7.18. The second-order valence-corrected chi connectivity index (χ2v) is 8.65. The summed E-state index contributed by atoms with van der Waals surface area (Å²) in [6.45, 7) is 6.75. The third-order valence-electron chi connectivity index (χ3n) is 4.55. The number of fused-ring (bicyclic) bond motifs is 1. The third-order valence-corrected chi connectivity index (χ3v) is 5.94. The van der Waals surface area contributed by atoms with Crippen molar-refractivity contribution >= 4 is 51.4 Å². The number of nitrogens with zero attached hydrogens (tertiary/aromatic N) is 3. The van der Waals surface area contributed by atoms with E-state index in [9.17, 15) is 23.2 Å². The van der Waals surface area contributed by atoms with Crippen LogP contribution in [0.3, 0.4) is 0 Å². The van der Waals surface area contributed by atoms with Crippen molar-refractivity contribution in [3.8, 4) is 0 Å². The van der Waals surface area contributed by atoms with Crippen LogP contribution >= 0.6 is 22.9 Å². The van der Waals surface area contributed by atoms with Crippen LogP contribution in [0.5, 0.6) is 0 Å². The van der Waals surface area contributed by atoms with Crippen LogP contribution < -0.4 is 5.32 Å². The number of hydrogen-bond acceptors (Lipinski definition) is 8. The van der Waals surface area contributed by atoms with Gasteiger partial charge in [-0.2, -0.15) is 13.9 Å². The Kier molecular flexibility index (Phi) is 7.51. The highest BCUT2D eigenvalue weighted by Crippen LogP contribution is 2.35. The first-order valence-corrected chi connectivity index (χ1v) is 11.4. The fourth-order valence-electron chi connectivity index (χ4n) is 3.09. The fraction of sp³-hybridized carbons (Fsp3) is 0.381. The van der Waals surface area contributed by atoms with Crippen LogP contribution in [0.2, 0.25) is 0 Å². The van der Waals surface area contributed by atoms with E-state index < -0.39 is 28.9 Å². The number of carbonyl (C=O) groups is 3. The maximum atomic E-state index is 13.8. The molecule has 0 saturated heterocycles. The Hall–Kier alpha value is -3.12. The number of aromatic nitrogens is 3. The van der Waals surface area contributed by atoms with Gasteiger partial charge in [-0.1, -0.05) is 6.92 Å². The standard InChI is InChI=1S/C21H21ClF2N4O5S/c1-5-7-33-19(30)15-11(4)16(20(31)32-6-2)34-18(15)26-17(29)12-9-14-25-10(3)8-13(21(22,23)24)28(14)27-12/h8-9H,5-7H2,1-4H3,(H,26,29). The zero-order chi connectivity index (χ0) is 25.2. The number of anilines is 1. The number of aryl methyl sites for hydroxylation is 1. The van der Waals surface area contributed by atoms with E-state index in [2.05, 4.69) is 15.4 Å². The normalized spacial score (nSPS) is 11.5. The highest BCUT2D eigenvalue weighted by Gasteiger charge is 2.33. The molecule has 0 spiro atoms. The van der Waals surface area contributed by atoms with Crippen molar-refractivity contribution in [1.82, 2.24) is 14.6 Å². The molecule has 0 bridgehead atoms. The molecule has 0 unspecified atom stereocenters. The summed E-state index contributed by atoms with van der Waals surface area (Å²) in [5.74, 6) is -2.19. The lowest BCUT2D eigenvalue weighted by molar-refractivity contribution is 0.0506. The SMILES string of the molecule is CCCOC(=O)c1c(NC(=O)c2cc3nc(C)cc(C(F)(F)Cl)n3n2)sc(C(=O)OCC)c1C. The number of alkyl halides is 3. The molecule has 3 aromatic heterocycles. The lowest BCUT2D eigenvalue weighted by Gasteiger charge is -2.10. The summed E-state index contributed by atoms with van der Waals surface area (Å²) in [5.41, 5.74) is -0.383. The largest absolute Gasteiger partial charge is 0.462 e. The zero-order valence-electron chi connectivity index (χ0n) is 18.7. The molecule has 9 nitrogen and oxygen atoms in total. The van der Waals surface area contributed by atoms with E-state index in [0.29, 0.717) is 6.42 Å². The Morgan fingerprint density at radius 1 is 1.18 bits per heavy atom. The lowest BCUT2D eigenvalue weighted by atomic mass is 10.1. The molecule has 34 heavy (non-hydrogen) atoms. The number of nitrogens with one attached hydrogen (secondary N) is 1. The number of amides is 1. The Bertz CT molecular complexity index is 1270. The van der Waals surface area contributed by atoms with E-state index in [1.807, 2.05) is 6.92 Å². The summed E-state index contributed by atoms with van der Waals surface area (Å²) in [5, 5.41) is 2.72. The van der Waals surface area contributed by atoms with E-state index in [1.165, 1.54) is 19.9 Å². The molecule has 0 aliphatic carbocycles. The average Bonchev–Trinajstić information content (AvgIpc) is 3.32. The summed E-state index contributed by atoms with van der Waals surface area (Å²) in [6.07, 6.45) is 0.572. The first kappa shape index (κ1) is 25.5. The molecular weight excluding hydrogens is 494 g/mol. The predicted molar refractivity (Wildman–Crippen MR) is 121 cm³/mol. The van der Waals surface area contributed by atoms with Gasteiger partial charge in [-0.05, 0) is 50.4 Å².